The first-order chi connectivity index (χ1) is 14.2. The quantitative estimate of drug-likeness (QED) is 0.434. The molecular weight excluding hydrogens is 417 g/mol. The first-order valence-electron chi connectivity index (χ1n) is 9.26. The van der Waals surface area contributed by atoms with Crippen LogP contribution in [0.2, 0.25) is 5.02 Å². The van der Waals surface area contributed by atoms with Gasteiger partial charge in [0.15, 0.2) is 0 Å². The minimum Gasteiger partial charge on any atom is -0.406 e. The third-order valence-electron chi connectivity index (χ3n) is 4.17. The number of nitrogens with zero attached hydrogens (tertiary/aromatic N) is 2. The number of halogens is 4. The summed E-state index contributed by atoms with van der Waals surface area (Å²) in [5, 5.41) is 6.90. The molecule has 5 nitrogen and oxygen atoms in total. The van der Waals surface area contributed by atoms with Gasteiger partial charge in [0.2, 0.25) is 5.95 Å². The summed E-state index contributed by atoms with van der Waals surface area (Å²) in [6.07, 6.45) is -3.92. The molecule has 0 radical (unpaired) electrons. The van der Waals surface area contributed by atoms with Gasteiger partial charge in [-0.3, -0.25) is 0 Å². The highest BCUT2D eigenvalue weighted by Crippen LogP contribution is 2.29. The van der Waals surface area contributed by atoms with Crippen LogP contribution < -0.4 is 15.4 Å². The van der Waals surface area contributed by atoms with E-state index in [9.17, 15) is 13.2 Å². The lowest BCUT2D eigenvalue weighted by atomic mass is 10.1. The summed E-state index contributed by atoms with van der Waals surface area (Å²) < 4.78 is 41.8. The molecule has 0 aliphatic carbocycles. The van der Waals surface area contributed by atoms with Gasteiger partial charge in [0.05, 0.1) is 5.69 Å². The second-order valence-corrected chi connectivity index (χ2v) is 7.06. The zero-order valence-corrected chi connectivity index (χ0v) is 17.1. The summed E-state index contributed by atoms with van der Waals surface area (Å²) in [5.74, 6) is 0.503. The molecule has 0 unspecified atom stereocenters. The molecular formula is C21H20ClF3N4O. The third-order valence-corrected chi connectivity index (χ3v) is 4.41. The second kappa shape index (κ2) is 9.21. The van der Waals surface area contributed by atoms with E-state index in [1.807, 2.05) is 19.9 Å². The molecule has 158 valence electrons. The lowest BCUT2D eigenvalue weighted by Crippen LogP contribution is -2.17. The van der Waals surface area contributed by atoms with Gasteiger partial charge < -0.3 is 15.4 Å². The van der Waals surface area contributed by atoms with Crippen LogP contribution in [-0.4, -0.2) is 22.4 Å². The average Bonchev–Trinajstić information content (AvgIpc) is 2.66. The maximum Gasteiger partial charge on any atom is 0.573 e. The van der Waals surface area contributed by atoms with Crippen molar-refractivity contribution >= 4 is 29.1 Å². The number of hydrogen-bond donors (Lipinski definition) is 2. The average molecular weight is 437 g/mol. The van der Waals surface area contributed by atoms with Gasteiger partial charge in [-0.1, -0.05) is 36.7 Å². The first-order valence-corrected chi connectivity index (χ1v) is 9.64. The van der Waals surface area contributed by atoms with Crippen LogP contribution in [0.1, 0.15) is 20.3 Å². The van der Waals surface area contributed by atoms with Crippen molar-refractivity contribution in [2.45, 2.75) is 32.7 Å². The largest absolute Gasteiger partial charge is 0.573 e. The fourth-order valence-corrected chi connectivity index (χ4v) is 2.80. The summed E-state index contributed by atoms with van der Waals surface area (Å²) in [4.78, 5) is 8.93. The first kappa shape index (κ1) is 21.7. The van der Waals surface area contributed by atoms with Crippen molar-refractivity contribution in [2.75, 3.05) is 10.6 Å². The van der Waals surface area contributed by atoms with Crippen molar-refractivity contribution in [3.8, 4) is 17.0 Å². The number of anilines is 3. The minimum atomic E-state index is -4.77. The van der Waals surface area contributed by atoms with E-state index in [0.717, 1.165) is 12.1 Å². The Bertz CT molecular complexity index is 1010. The lowest BCUT2D eigenvalue weighted by molar-refractivity contribution is -0.274. The maximum atomic E-state index is 12.6. The highest BCUT2D eigenvalue weighted by molar-refractivity contribution is 6.30. The summed E-state index contributed by atoms with van der Waals surface area (Å²) in [7, 11) is 0. The van der Waals surface area contributed by atoms with E-state index < -0.39 is 6.36 Å². The highest BCUT2D eigenvalue weighted by atomic mass is 35.5. The van der Waals surface area contributed by atoms with Crippen molar-refractivity contribution in [1.29, 1.82) is 0 Å². The molecule has 0 saturated carbocycles. The number of aromatic nitrogens is 2. The maximum absolute atomic E-state index is 12.6. The molecule has 3 aromatic rings. The third kappa shape index (κ3) is 6.25. The van der Waals surface area contributed by atoms with Crippen LogP contribution in [0.5, 0.6) is 5.75 Å². The van der Waals surface area contributed by atoms with Crippen molar-refractivity contribution in [3.63, 3.8) is 0 Å². The van der Waals surface area contributed by atoms with Crippen molar-refractivity contribution in [1.82, 2.24) is 9.97 Å². The van der Waals surface area contributed by atoms with Gasteiger partial charge in [-0.2, -0.15) is 4.98 Å². The van der Waals surface area contributed by atoms with Crippen LogP contribution in [0.3, 0.4) is 0 Å². The zero-order chi connectivity index (χ0) is 21.7. The Morgan fingerprint density at radius 2 is 1.83 bits per heavy atom. The second-order valence-electron chi connectivity index (χ2n) is 6.63. The molecule has 3 rings (SSSR count). The van der Waals surface area contributed by atoms with Crippen LogP contribution >= 0.6 is 11.6 Å². The molecule has 2 aromatic carbocycles. The standard InChI is InChI=1S/C21H20ClF3N4O/c1-3-13(2)26-20-28-18(14-6-4-9-17(10-14)30-21(23,24)25)12-19(29-20)27-16-8-5-7-15(22)11-16/h4-13H,3H2,1-2H3,(H2,26,27,28,29)/t13-/m1/s1. The van der Waals surface area contributed by atoms with Crippen LogP contribution in [0.4, 0.5) is 30.6 Å². The van der Waals surface area contributed by atoms with Gasteiger partial charge >= 0.3 is 6.36 Å². The topological polar surface area (TPSA) is 59.1 Å². The number of nitrogens with one attached hydrogen (secondary N) is 2. The normalized spacial score (nSPS) is 12.3. The van der Waals surface area contributed by atoms with Crippen LogP contribution in [0.25, 0.3) is 11.3 Å². The summed E-state index contributed by atoms with van der Waals surface area (Å²) in [5.41, 5.74) is 1.62. The van der Waals surface area contributed by atoms with Crippen molar-refractivity contribution in [3.05, 3.63) is 59.6 Å². The predicted octanol–water partition coefficient (Wildman–Crippen LogP) is 6.65. The van der Waals surface area contributed by atoms with Crippen molar-refractivity contribution < 1.29 is 17.9 Å². The van der Waals surface area contributed by atoms with Gasteiger partial charge in [0.1, 0.15) is 11.6 Å². The molecule has 0 saturated heterocycles. The van der Waals surface area contributed by atoms with E-state index in [1.165, 1.54) is 18.2 Å². The summed E-state index contributed by atoms with van der Waals surface area (Å²) in [6.45, 7) is 4.00. The molecule has 30 heavy (non-hydrogen) atoms. The Morgan fingerprint density at radius 3 is 2.53 bits per heavy atom. The van der Waals surface area contributed by atoms with E-state index in [0.29, 0.717) is 28.0 Å². The molecule has 0 aliphatic heterocycles. The van der Waals surface area contributed by atoms with E-state index >= 15 is 0 Å². The van der Waals surface area contributed by atoms with Crippen LogP contribution in [0.15, 0.2) is 54.6 Å². The highest BCUT2D eigenvalue weighted by Gasteiger charge is 2.31. The van der Waals surface area contributed by atoms with E-state index in [2.05, 4.69) is 25.3 Å². The molecule has 0 spiro atoms. The molecule has 0 amide bonds. The number of hydrogen-bond acceptors (Lipinski definition) is 5. The molecule has 1 atom stereocenters. The Morgan fingerprint density at radius 1 is 1.07 bits per heavy atom. The molecule has 1 aromatic heterocycles. The SMILES string of the molecule is CC[C@@H](C)Nc1nc(Nc2cccc(Cl)c2)cc(-c2cccc(OC(F)(F)F)c2)n1. The van der Waals surface area contributed by atoms with Gasteiger partial charge in [-0.05, 0) is 43.7 Å². The fraction of sp³-hybridized carbons (Fsp3) is 0.238. The predicted molar refractivity (Wildman–Crippen MR) is 112 cm³/mol. The summed E-state index contributed by atoms with van der Waals surface area (Å²) >= 11 is 6.04. The Hall–Kier alpha value is -3.00. The van der Waals surface area contributed by atoms with Gasteiger partial charge in [0.25, 0.3) is 0 Å². The molecule has 1 heterocycles. The zero-order valence-electron chi connectivity index (χ0n) is 16.3. The smallest absolute Gasteiger partial charge is 0.406 e. The minimum absolute atomic E-state index is 0.110. The Kier molecular flexibility index (Phi) is 6.66. The molecule has 0 aliphatic rings. The van der Waals surface area contributed by atoms with Crippen LogP contribution in [0, 0.1) is 0 Å². The van der Waals surface area contributed by atoms with Gasteiger partial charge in [0, 0.05) is 28.4 Å². The Labute approximate surface area is 177 Å². The number of rotatable bonds is 7. The monoisotopic (exact) mass is 436 g/mol. The summed E-state index contributed by atoms with van der Waals surface area (Å²) in [6, 6.07) is 14.5. The molecule has 9 heteroatoms. The van der Waals surface area contributed by atoms with Crippen LogP contribution in [-0.2, 0) is 0 Å². The van der Waals surface area contributed by atoms with E-state index in [4.69, 9.17) is 11.6 Å². The van der Waals surface area contributed by atoms with Gasteiger partial charge in [-0.25, -0.2) is 4.98 Å². The molecule has 2 N–H and O–H groups in total. The number of alkyl halides is 3. The Balaban J connectivity index is 1.98. The molecule has 0 bridgehead atoms. The van der Waals surface area contributed by atoms with E-state index in [1.54, 1.807) is 30.3 Å². The van der Waals surface area contributed by atoms with E-state index in [-0.39, 0.29) is 11.8 Å². The lowest BCUT2D eigenvalue weighted by Gasteiger charge is -2.15. The molecule has 0 fully saturated rings. The van der Waals surface area contributed by atoms with Crippen molar-refractivity contribution in [2.24, 2.45) is 0 Å². The number of benzene rings is 2. The fourth-order valence-electron chi connectivity index (χ4n) is 2.61. The number of ether oxygens (including phenoxy) is 1. The van der Waals surface area contributed by atoms with Gasteiger partial charge in [-0.15, -0.1) is 13.2 Å².